The molecule has 1 amide bonds. The number of benzene rings is 1. The van der Waals surface area contributed by atoms with E-state index < -0.39 is 0 Å². The first-order chi connectivity index (χ1) is 13.8. The molecule has 3 heterocycles. The molecule has 1 aromatic carbocycles. The van der Waals surface area contributed by atoms with Crippen LogP contribution in [0, 0.1) is 0 Å². The van der Waals surface area contributed by atoms with Crippen molar-refractivity contribution < 1.29 is 19.0 Å². The molecule has 2 aromatic rings. The van der Waals surface area contributed by atoms with Crippen LogP contribution in [0.1, 0.15) is 10.5 Å². The Labute approximate surface area is 163 Å². The SMILES string of the molecule is O=C(NCCN1CCOCC1)c1ccc(Nc2ccc3c(c2)OCCO3)nn1. The van der Waals surface area contributed by atoms with Crippen molar-refractivity contribution in [3.8, 4) is 11.5 Å². The van der Waals surface area contributed by atoms with Crippen molar-refractivity contribution in [2.75, 3.05) is 57.9 Å². The number of anilines is 2. The van der Waals surface area contributed by atoms with Crippen molar-refractivity contribution in [3.63, 3.8) is 0 Å². The zero-order valence-electron chi connectivity index (χ0n) is 15.5. The van der Waals surface area contributed by atoms with Gasteiger partial charge in [0, 0.05) is 37.9 Å². The summed E-state index contributed by atoms with van der Waals surface area (Å²) in [4.78, 5) is 14.5. The number of ether oxygens (including phenoxy) is 3. The lowest BCUT2D eigenvalue weighted by atomic mass is 10.2. The number of rotatable bonds is 6. The first kappa shape index (κ1) is 18.5. The van der Waals surface area contributed by atoms with Crippen LogP contribution in [0.5, 0.6) is 11.5 Å². The predicted octanol–water partition coefficient (Wildman–Crippen LogP) is 1.05. The van der Waals surface area contributed by atoms with Crippen LogP contribution < -0.4 is 20.1 Å². The van der Waals surface area contributed by atoms with Crippen molar-refractivity contribution in [1.82, 2.24) is 20.4 Å². The van der Waals surface area contributed by atoms with Gasteiger partial charge in [0.2, 0.25) is 0 Å². The number of carbonyl (C=O) groups excluding carboxylic acids is 1. The summed E-state index contributed by atoms with van der Waals surface area (Å²) in [5.41, 5.74) is 1.09. The molecule has 2 N–H and O–H groups in total. The molecule has 28 heavy (non-hydrogen) atoms. The highest BCUT2D eigenvalue weighted by atomic mass is 16.6. The van der Waals surface area contributed by atoms with Crippen LogP contribution >= 0.6 is 0 Å². The van der Waals surface area contributed by atoms with Crippen LogP contribution in [0.25, 0.3) is 0 Å². The molecule has 0 saturated carbocycles. The highest BCUT2D eigenvalue weighted by molar-refractivity contribution is 5.92. The second kappa shape index (κ2) is 8.85. The number of morpholine rings is 1. The van der Waals surface area contributed by atoms with E-state index >= 15 is 0 Å². The van der Waals surface area contributed by atoms with Gasteiger partial charge < -0.3 is 24.8 Å². The van der Waals surface area contributed by atoms with E-state index in [1.165, 1.54) is 0 Å². The zero-order chi connectivity index (χ0) is 19.2. The maximum atomic E-state index is 12.2. The molecule has 1 fully saturated rings. The molecule has 2 aliphatic rings. The number of hydrogen-bond acceptors (Lipinski definition) is 8. The lowest BCUT2D eigenvalue weighted by Gasteiger charge is -2.26. The number of hydrogen-bond donors (Lipinski definition) is 2. The third kappa shape index (κ3) is 4.68. The molecule has 0 bridgehead atoms. The number of nitrogens with zero attached hydrogens (tertiary/aromatic N) is 3. The molecule has 4 rings (SSSR count). The molecule has 148 valence electrons. The first-order valence-corrected chi connectivity index (χ1v) is 9.37. The van der Waals surface area contributed by atoms with Crippen molar-refractivity contribution in [1.29, 1.82) is 0 Å². The Kier molecular flexibility index (Phi) is 5.83. The maximum Gasteiger partial charge on any atom is 0.271 e. The first-order valence-electron chi connectivity index (χ1n) is 9.37. The highest BCUT2D eigenvalue weighted by Crippen LogP contribution is 2.33. The van der Waals surface area contributed by atoms with Crippen LogP contribution in [0.4, 0.5) is 11.5 Å². The lowest BCUT2D eigenvalue weighted by Crippen LogP contribution is -2.41. The van der Waals surface area contributed by atoms with Gasteiger partial charge >= 0.3 is 0 Å². The van der Waals surface area contributed by atoms with Gasteiger partial charge in [-0.2, -0.15) is 0 Å². The van der Waals surface area contributed by atoms with Gasteiger partial charge in [0.1, 0.15) is 13.2 Å². The normalized spacial score (nSPS) is 16.4. The van der Waals surface area contributed by atoms with Gasteiger partial charge in [-0.15, -0.1) is 10.2 Å². The van der Waals surface area contributed by atoms with Gasteiger partial charge in [0.05, 0.1) is 13.2 Å². The number of amides is 1. The summed E-state index contributed by atoms with van der Waals surface area (Å²) in [6.45, 7) is 5.75. The Morgan fingerprint density at radius 3 is 2.61 bits per heavy atom. The van der Waals surface area contributed by atoms with Crippen LogP contribution in [-0.4, -0.2) is 73.6 Å². The van der Waals surface area contributed by atoms with E-state index in [4.69, 9.17) is 14.2 Å². The molecule has 9 nitrogen and oxygen atoms in total. The number of aromatic nitrogens is 2. The van der Waals surface area contributed by atoms with Gasteiger partial charge in [-0.3, -0.25) is 9.69 Å². The van der Waals surface area contributed by atoms with Crippen LogP contribution in [0.2, 0.25) is 0 Å². The average molecular weight is 385 g/mol. The largest absolute Gasteiger partial charge is 0.486 e. The third-order valence-corrected chi connectivity index (χ3v) is 4.53. The van der Waals surface area contributed by atoms with Gasteiger partial charge in [0.15, 0.2) is 23.0 Å². The Bertz CT molecular complexity index is 808. The standard InChI is InChI=1S/C19H23N5O4/c25-19(20-5-6-24-7-9-26-10-8-24)15-2-4-18(23-22-15)21-14-1-3-16-17(13-14)28-12-11-27-16/h1-4,13H,5-12H2,(H,20,25)(H,21,23). The lowest BCUT2D eigenvalue weighted by molar-refractivity contribution is 0.0383. The van der Waals surface area contributed by atoms with E-state index in [-0.39, 0.29) is 11.6 Å². The van der Waals surface area contributed by atoms with Crippen molar-refractivity contribution in [2.24, 2.45) is 0 Å². The fourth-order valence-corrected chi connectivity index (χ4v) is 3.03. The third-order valence-electron chi connectivity index (χ3n) is 4.53. The van der Waals surface area contributed by atoms with E-state index in [9.17, 15) is 4.79 Å². The summed E-state index contributed by atoms with van der Waals surface area (Å²) in [6.07, 6.45) is 0. The summed E-state index contributed by atoms with van der Waals surface area (Å²) in [5.74, 6) is 1.74. The molecule has 9 heteroatoms. The van der Waals surface area contributed by atoms with E-state index in [1.54, 1.807) is 12.1 Å². The van der Waals surface area contributed by atoms with Crippen LogP contribution in [0.3, 0.4) is 0 Å². The topological polar surface area (TPSA) is 97.8 Å². The van der Waals surface area contributed by atoms with Crippen LogP contribution in [0.15, 0.2) is 30.3 Å². The summed E-state index contributed by atoms with van der Waals surface area (Å²) < 4.78 is 16.4. The number of carbonyl (C=O) groups is 1. The smallest absolute Gasteiger partial charge is 0.271 e. The van der Waals surface area contributed by atoms with Gasteiger partial charge in [-0.1, -0.05) is 0 Å². The second-order valence-corrected chi connectivity index (χ2v) is 6.50. The van der Waals surface area contributed by atoms with Crippen molar-refractivity contribution >= 4 is 17.4 Å². The average Bonchev–Trinajstić information content (AvgIpc) is 2.75. The van der Waals surface area contributed by atoms with E-state index in [2.05, 4.69) is 25.7 Å². The van der Waals surface area contributed by atoms with Crippen molar-refractivity contribution in [3.05, 3.63) is 36.0 Å². The number of nitrogens with one attached hydrogen (secondary N) is 2. The summed E-state index contributed by atoms with van der Waals surface area (Å²) in [5, 5.41) is 14.1. The van der Waals surface area contributed by atoms with Crippen molar-refractivity contribution in [2.45, 2.75) is 0 Å². The Hall–Kier alpha value is -2.91. The Morgan fingerprint density at radius 2 is 1.82 bits per heavy atom. The van der Waals surface area contributed by atoms with E-state index in [0.29, 0.717) is 31.3 Å². The molecule has 1 saturated heterocycles. The van der Waals surface area contributed by atoms with Gasteiger partial charge in [0.25, 0.3) is 5.91 Å². The number of fused-ring (bicyclic) bond motifs is 1. The summed E-state index contributed by atoms with van der Waals surface area (Å²) >= 11 is 0. The summed E-state index contributed by atoms with van der Waals surface area (Å²) in [7, 11) is 0. The molecule has 2 aliphatic heterocycles. The van der Waals surface area contributed by atoms with Crippen LogP contribution in [-0.2, 0) is 4.74 Å². The fourth-order valence-electron chi connectivity index (χ4n) is 3.03. The molecular weight excluding hydrogens is 362 g/mol. The summed E-state index contributed by atoms with van der Waals surface area (Å²) in [6, 6.07) is 8.95. The Balaban J connectivity index is 1.29. The molecule has 0 aliphatic carbocycles. The molecular formula is C19H23N5O4. The zero-order valence-corrected chi connectivity index (χ0v) is 15.5. The van der Waals surface area contributed by atoms with Gasteiger partial charge in [-0.25, -0.2) is 0 Å². The molecule has 1 aromatic heterocycles. The van der Waals surface area contributed by atoms with Gasteiger partial charge in [-0.05, 0) is 24.3 Å². The predicted molar refractivity (Wildman–Crippen MR) is 102 cm³/mol. The quantitative estimate of drug-likeness (QED) is 0.762. The minimum Gasteiger partial charge on any atom is -0.486 e. The molecule has 0 atom stereocenters. The molecule has 0 unspecified atom stereocenters. The van der Waals surface area contributed by atoms with E-state index in [0.717, 1.165) is 44.3 Å². The van der Waals surface area contributed by atoms with E-state index in [1.807, 2.05) is 18.2 Å². The monoisotopic (exact) mass is 385 g/mol. The second-order valence-electron chi connectivity index (χ2n) is 6.50. The minimum atomic E-state index is -0.230. The minimum absolute atomic E-state index is 0.230. The fraction of sp³-hybridized carbons (Fsp3) is 0.421. The molecule has 0 spiro atoms. The highest BCUT2D eigenvalue weighted by Gasteiger charge is 2.13. The Morgan fingerprint density at radius 1 is 1.00 bits per heavy atom. The molecule has 0 radical (unpaired) electrons. The maximum absolute atomic E-state index is 12.2.